The molecule has 1 aliphatic heterocycles. The average Bonchev–Trinajstić information content (AvgIpc) is 3.34. The van der Waals surface area contributed by atoms with Gasteiger partial charge in [-0.15, -0.1) is 0 Å². The van der Waals surface area contributed by atoms with Crippen molar-refractivity contribution in [3.8, 4) is 11.1 Å². The highest BCUT2D eigenvalue weighted by atomic mass is 32.2. The number of hydrogen-bond donors (Lipinski definition) is 1. The molecule has 5 nitrogen and oxygen atoms in total. The minimum Gasteiger partial charge on any atom is -0.341 e. The molecule has 0 radical (unpaired) electrons. The van der Waals surface area contributed by atoms with Crippen LogP contribution in [0.25, 0.3) is 11.1 Å². The fourth-order valence-corrected chi connectivity index (χ4v) is 4.95. The van der Waals surface area contributed by atoms with Crippen molar-refractivity contribution in [3.05, 3.63) is 59.7 Å². The van der Waals surface area contributed by atoms with Gasteiger partial charge in [0.2, 0.25) is 15.9 Å². The number of amides is 1. The summed E-state index contributed by atoms with van der Waals surface area (Å²) in [5, 5.41) is 0. The van der Waals surface area contributed by atoms with Crippen LogP contribution >= 0.6 is 0 Å². The zero-order valence-corrected chi connectivity index (χ0v) is 16.8. The first-order valence-corrected chi connectivity index (χ1v) is 11.4. The lowest BCUT2D eigenvalue weighted by Crippen LogP contribution is -2.38. The highest BCUT2D eigenvalue weighted by Crippen LogP contribution is 2.51. The van der Waals surface area contributed by atoms with Crippen molar-refractivity contribution < 1.29 is 22.0 Å². The van der Waals surface area contributed by atoms with Gasteiger partial charge in [0.25, 0.3) is 0 Å². The monoisotopic (exact) mass is 420 g/mol. The van der Waals surface area contributed by atoms with Crippen LogP contribution in [0, 0.1) is 17.6 Å². The summed E-state index contributed by atoms with van der Waals surface area (Å²) in [6, 6.07) is 11.1. The Morgan fingerprint density at radius 1 is 1.14 bits per heavy atom. The normalized spacial score (nSPS) is 24.0. The SMILES string of the molecule is CS(=O)(=O)N[C@H]1CCN(C(=O)[C@@H]2C[C@H]2c2ccccc2-c2ccc(F)c(F)c2)C1. The van der Waals surface area contributed by atoms with Crippen LogP contribution in [-0.2, 0) is 14.8 Å². The number of rotatable bonds is 5. The Balaban J connectivity index is 1.48. The summed E-state index contributed by atoms with van der Waals surface area (Å²) in [7, 11) is -3.30. The number of benzene rings is 2. The van der Waals surface area contributed by atoms with Gasteiger partial charge < -0.3 is 4.90 Å². The summed E-state index contributed by atoms with van der Waals surface area (Å²) in [6.45, 7) is 0.903. The van der Waals surface area contributed by atoms with Crippen molar-refractivity contribution in [1.29, 1.82) is 0 Å². The molecule has 0 bridgehead atoms. The first-order chi connectivity index (χ1) is 13.7. The van der Waals surface area contributed by atoms with Gasteiger partial charge in [0.1, 0.15) is 0 Å². The third-order valence-electron chi connectivity index (χ3n) is 5.58. The quantitative estimate of drug-likeness (QED) is 0.809. The van der Waals surface area contributed by atoms with Gasteiger partial charge in [-0.25, -0.2) is 21.9 Å². The molecular weight excluding hydrogens is 398 g/mol. The van der Waals surface area contributed by atoms with Gasteiger partial charge in [0, 0.05) is 25.0 Å². The zero-order chi connectivity index (χ0) is 20.8. The minimum atomic E-state index is -3.30. The zero-order valence-electron chi connectivity index (χ0n) is 15.9. The van der Waals surface area contributed by atoms with Gasteiger partial charge in [-0.05, 0) is 47.6 Å². The highest BCUT2D eigenvalue weighted by Gasteiger charge is 2.47. The van der Waals surface area contributed by atoms with E-state index in [1.165, 1.54) is 6.07 Å². The summed E-state index contributed by atoms with van der Waals surface area (Å²) in [6.07, 6.45) is 2.41. The predicted molar refractivity (Wildman–Crippen MR) is 106 cm³/mol. The standard InChI is InChI=1S/C21H22F2N2O3S/c1-29(27,28)24-14-8-9-25(12-14)21(26)18-11-17(18)16-5-3-2-4-15(16)13-6-7-19(22)20(23)10-13/h2-7,10,14,17-18,24H,8-9,11-12H2,1H3/t14-,17-,18+/m0/s1. The molecule has 2 aromatic rings. The van der Waals surface area contributed by atoms with Crippen molar-refractivity contribution >= 4 is 15.9 Å². The van der Waals surface area contributed by atoms with E-state index in [0.29, 0.717) is 31.5 Å². The van der Waals surface area contributed by atoms with E-state index in [-0.39, 0.29) is 23.8 Å². The average molecular weight is 420 g/mol. The molecule has 0 spiro atoms. The van der Waals surface area contributed by atoms with Crippen LogP contribution in [-0.4, -0.2) is 44.6 Å². The molecule has 2 aromatic carbocycles. The largest absolute Gasteiger partial charge is 0.341 e. The first kappa shape index (κ1) is 20.0. The predicted octanol–water partition coefficient (Wildman–Crippen LogP) is 2.89. The van der Waals surface area contributed by atoms with E-state index in [1.807, 2.05) is 24.3 Å². The van der Waals surface area contributed by atoms with E-state index in [1.54, 1.807) is 11.0 Å². The van der Waals surface area contributed by atoms with E-state index in [4.69, 9.17) is 0 Å². The lowest BCUT2D eigenvalue weighted by molar-refractivity contribution is -0.131. The van der Waals surface area contributed by atoms with Crippen molar-refractivity contribution in [2.45, 2.75) is 24.8 Å². The molecule has 1 amide bonds. The van der Waals surface area contributed by atoms with Gasteiger partial charge in [-0.1, -0.05) is 30.3 Å². The lowest BCUT2D eigenvalue weighted by atomic mass is 9.95. The number of halogens is 2. The Morgan fingerprint density at radius 2 is 1.90 bits per heavy atom. The Morgan fingerprint density at radius 3 is 2.62 bits per heavy atom. The van der Waals surface area contributed by atoms with Gasteiger partial charge >= 0.3 is 0 Å². The fraction of sp³-hybridized carbons (Fsp3) is 0.381. The van der Waals surface area contributed by atoms with Crippen molar-refractivity contribution in [2.24, 2.45) is 5.92 Å². The van der Waals surface area contributed by atoms with Gasteiger partial charge in [-0.3, -0.25) is 4.79 Å². The molecule has 1 saturated heterocycles. The molecule has 2 aliphatic rings. The molecule has 154 valence electrons. The third kappa shape index (κ3) is 4.33. The van der Waals surface area contributed by atoms with Crippen LogP contribution in [0.4, 0.5) is 8.78 Å². The molecule has 29 heavy (non-hydrogen) atoms. The summed E-state index contributed by atoms with van der Waals surface area (Å²) in [4.78, 5) is 14.6. The first-order valence-electron chi connectivity index (χ1n) is 9.53. The Kier molecular flexibility index (Phi) is 5.16. The minimum absolute atomic E-state index is 0.0212. The van der Waals surface area contributed by atoms with E-state index >= 15 is 0 Å². The van der Waals surface area contributed by atoms with Gasteiger partial charge in [0.05, 0.1) is 6.26 Å². The number of nitrogens with one attached hydrogen (secondary N) is 1. The summed E-state index contributed by atoms with van der Waals surface area (Å²) in [5.74, 6) is -1.92. The van der Waals surface area contributed by atoms with Crippen LogP contribution in [0.1, 0.15) is 24.3 Å². The summed E-state index contributed by atoms with van der Waals surface area (Å²) in [5.41, 5.74) is 2.32. The molecular formula is C21H22F2N2O3S. The smallest absolute Gasteiger partial charge is 0.226 e. The molecule has 1 heterocycles. The Labute approximate surface area is 168 Å². The van der Waals surface area contributed by atoms with E-state index < -0.39 is 21.7 Å². The van der Waals surface area contributed by atoms with Crippen LogP contribution < -0.4 is 4.72 Å². The molecule has 4 rings (SSSR count). The maximum atomic E-state index is 13.7. The lowest BCUT2D eigenvalue weighted by Gasteiger charge is -2.17. The fourth-order valence-electron chi connectivity index (χ4n) is 4.15. The van der Waals surface area contributed by atoms with E-state index in [0.717, 1.165) is 23.4 Å². The number of hydrogen-bond acceptors (Lipinski definition) is 3. The maximum Gasteiger partial charge on any atom is 0.226 e. The molecule has 0 unspecified atom stereocenters. The van der Waals surface area contributed by atoms with Crippen LogP contribution in [0.3, 0.4) is 0 Å². The van der Waals surface area contributed by atoms with E-state index in [2.05, 4.69) is 4.72 Å². The molecule has 8 heteroatoms. The third-order valence-corrected chi connectivity index (χ3v) is 6.34. The number of carbonyl (C=O) groups excluding carboxylic acids is 1. The number of sulfonamides is 1. The Bertz CT molecular complexity index is 1060. The van der Waals surface area contributed by atoms with Crippen LogP contribution in [0.15, 0.2) is 42.5 Å². The summed E-state index contributed by atoms with van der Waals surface area (Å²) < 4.78 is 52.3. The molecule has 1 aliphatic carbocycles. The van der Waals surface area contributed by atoms with Crippen molar-refractivity contribution in [3.63, 3.8) is 0 Å². The van der Waals surface area contributed by atoms with Crippen LogP contribution in [0.2, 0.25) is 0 Å². The molecule has 2 fully saturated rings. The topological polar surface area (TPSA) is 66.5 Å². The molecule has 0 aromatic heterocycles. The second kappa shape index (κ2) is 7.50. The van der Waals surface area contributed by atoms with Crippen LogP contribution in [0.5, 0.6) is 0 Å². The maximum absolute atomic E-state index is 13.7. The number of nitrogens with zero attached hydrogens (tertiary/aromatic N) is 1. The molecule has 1 saturated carbocycles. The van der Waals surface area contributed by atoms with Crippen molar-refractivity contribution in [2.75, 3.05) is 19.3 Å². The van der Waals surface area contributed by atoms with Crippen molar-refractivity contribution in [1.82, 2.24) is 9.62 Å². The number of likely N-dealkylation sites (tertiary alicyclic amines) is 1. The van der Waals surface area contributed by atoms with E-state index in [9.17, 15) is 22.0 Å². The molecule has 1 N–H and O–H groups in total. The Hall–Kier alpha value is -2.32. The second-order valence-corrected chi connectivity index (χ2v) is 9.60. The van der Waals surface area contributed by atoms with Gasteiger partial charge in [-0.2, -0.15) is 0 Å². The van der Waals surface area contributed by atoms with Gasteiger partial charge in [0.15, 0.2) is 11.6 Å². The summed E-state index contributed by atoms with van der Waals surface area (Å²) >= 11 is 0. The molecule has 3 atom stereocenters. The number of carbonyl (C=O) groups is 1. The highest BCUT2D eigenvalue weighted by molar-refractivity contribution is 7.88. The second-order valence-electron chi connectivity index (χ2n) is 7.82.